The van der Waals surface area contributed by atoms with Gasteiger partial charge in [0, 0.05) is 14.2 Å². The third-order valence-electron chi connectivity index (χ3n) is 1.61. The van der Waals surface area contributed by atoms with Crippen LogP contribution < -0.4 is 0 Å². The Labute approximate surface area is 135 Å². The molecule has 0 bridgehead atoms. The van der Waals surface area contributed by atoms with Crippen molar-refractivity contribution in [3.05, 3.63) is 0 Å². The van der Waals surface area contributed by atoms with E-state index in [1.165, 1.54) is 0 Å². The molecule has 5 nitrogen and oxygen atoms in total. The molecule has 0 aliphatic carbocycles. The van der Waals surface area contributed by atoms with Gasteiger partial charge in [0.2, 0.25) is 0 Å². The molecular formula is C10H24O5Sr. The van der Waals surface area contributed by atoms with Gasteiger partial charge < -0.3 is 23.7 Å². The van der Waals surface area contributed by atoms with E-state index in [9.17, 15) is 0 Å². The number of ether oxygens (including phenoxy) is 5. The van der Waals surface area contributed by atoms with E-state index in [-0.39, 0.29) is 45.5 Å². The molecule has 0 aromatic heterocycles. The molecule has 0 spiro atoms. The molecule has 0 aromatic carbocycles. The minimum absolute atomic E-state index is 0. The predicted octanol–water partition coefficient (Wildman–Crippen LogP) is -0.587. The van der Waals surface area contributed by atoms with Gasteiger partial charge in [0.25, 0.3) is 0 Å². The molecule has 0 rings (SSSR count). The molecule has 0 amide bonds. The summed E-state index contributed by atoms with van der Waals surface area (Å²) in [7, 11) is 3.30. The number of rotatable bonds is 12. The van der Waals surface area contributed by atoms with E-state index in [1.807, 2.05) is 0 Å². The normalized spacial score (nSPS) is 10.1. The monoisotopic (exact) mass is 312 g/mol. The van der Waals surface area contributed by atoms with Crippen molar-refractivity contribution in [2.45, 2.75) is 0 Å². The van der Waals surface area contributed by atoms with Crippen molar-refractivity contribution in [3.8, 4) is 0 Å². The van der Waals surface area contributed by atoms with Crippen LogP contribution in [-0.2, 0) is 23.7 Å². The minimum atomic E-state index is 0. The van der Waals surface area contributed by atoms with Crippen molar-refractivity contribution in [1.82, 2.24) is 0 Å². The first-order chi connectivity index (χ1) is 7.41. The molecule has 0 N–H and O–H groups in total. The fraction of sp³-hybridized carbons (Fsp3) is 1.00. The maximum absolute atomic E-state index is 5.26. The van der Waals surface area contributed by atoms with Gasteiger partial charge in [-0.2, -0.15) is 0 Å². The molecular weight excluding hydrogens is 288 g/mol. The zero-order chi connectivity index (χ0) is 11.2. The van der Waals surface area contributed by atoms with Gasteiger partial charge in [0.1, 0.15) is 0 Å². The summed E-state index contributed by atoms with van der Waals surface area (Å²) < 4.78 is 25.3. The van der Waals surface area contributed by atoms with Crippen molar-refractivity contribution in [2.24, 2.45) is 0 Å². The molecule has 0 aromatic rings. The summed E-state index contributed by atoms with van der Waals surface area (Å²) in [4.78, 5) is 0. The summed E-state index contributed by atoms with van der Waals surface area (Å²) in [6, 6.07) is 0. The van der Waals surface area contributed by atoms with Crippen molar-refractivity contribution in [2.75, 3.05) is 67.1 Å². The fourth-order valence-electron chi connectivity index (χ4n) is 0.826. The SMILES string of the molecule is COCCOCCOCCOCCOC.[SrH2]. The molecule has 0 heterocycles. The molecule has 16 heavy (non-hydrogen) atoms. The van der Waals surface area contributed by atoms with Gasteiger partial charge in [-0.3, -0.25) is 0 Å². The first-order valence-electron chi connectivity index (χ1n) is 5.13. The summed E-state index contributed by atoms with van der Waals surface area (Å²) in [5.41, 5.74) is 0. The maximum atomic E-state index is 5.26. The Morgan fingerprint density at radius 3 is 1.00 bits per heavy atom. The van der Waals surface area contributed by atoms with E-state index < -0.39 is 0 Å². The van der Waals surface area contributed by atoms with Crippen LogP contribution in [0.1, 0.15) is 0 Å². The average molecular weight is 312 g/mol. The van der Waals surface area contributed by atoms with Gasteiger partial charge >= 0.3 is 45.5 Å². The Hall–Kier alpha value is 1.28. The van der Waals surface area contributed by atoms with E-state index in [2.05, 4.69) is 0 Å². The Morgan fingerprint density at radius 2 is 0.750 bits per heavy atom. The van der Waals surface area contributed by atoms with Crippen molar-refractivity contribution in [1.29, 1.82) is 0 Å². The van der Waals surface area contributed by atoms with E-state index in [0.29, 0.717) is 52.9 Å². The quantitative estimate of drug-likeness (QED) is 0.356. The second kappa shape index (κ2) is 18.6. The molecule has 96 valence electrons. The second-order valence-corrected chi connectivity index (χ2v) is 2.82. The third kappa shape index (κ3) is 17.7. The van der Waals surface area contributed by atoms with Gasteiger partial charge in [0.15, 0.2) is 0 Å². The molecule has 0 saturated carbocycles. The Kier molecular flexibility index (Phi) is 22.9. The Bertz CT molecular complexity index is 103. The fourth-order valence-corrected chi connectivity index (χ4v) is 0.826. The van der Waals surface area contributed by atoms with Crippen molar-refractivity contribution >= 4 is 45.5 Å². The molecule has 0 radical (unpaired) electrons. The van der Waals surface area contributed by atoms with E-state index in [4.69, 9.17) is 23.7 Å². The zero-order valence-electron chi connectivity index (χ0n) is 9.70. The third-order valence-corrected chi connectivity index (χ3v) is 1.61. The molecule has 0 saturated heterocycles. The van der Waals surface area contributed by atoms with Crippen LogP contribution in [0.15, 0.2) is 0 Å². The van der Waals surface area contributed by atoms with Crippen LogP contribution in [0.25, 0.3) is 0 Å². The van der Waals surface area contributed by atoms with Gasteiger partial charge in [-0.05, 0) is 0 Å². The van der Waals surface area contributed by atoms with E-state index in [1.54, 1.807) is 14.2 Å². The van der Waals surface area contributed by atoms with Gasteiger partial charge in [0.05, 0.1) is 52.9 Å². The average Bonchev–Trinajstić information content (AvgIpc) is 2.26. The second-order valence-electron chi connectivity index (χ2n) is 2.82. The first-order valence-corrected chi connectivity index (χ1v) is 5.13. The molecule has 0 fully saturated rings. The first kappa shape index (κ1) is 19.6. The van der Waals surface area contributed by atoms with Crippen LogP contribution in [0.4, 0.5) is 0 Å². The van der Waals surface area contributed by atoms with E-state index in [0.717, 1.165) is 0 Å². The van der Waals surface area contributed by atoms with Crippen LogP contribution in [0.2, 0.25) is 0 Å². The summed E-state index contributed by atoms with van der Waals surface area (Å²) >= 11 is 0. The number of hydrogen-bond donors (Lipinski definition) is 0. The van der Waals surface area contributed by atoms with Gasteiger partial charge in [-0.1, -0.05) is 0 Å². The molecule has 0 aliphatic rings. The van der Waals surface area contributed by atoms with Crippen LogP contribution in [0.5, 0.6) is 0 Å². The molecule has 0 aliphatic heterocycles. The Morgan fingerprint density at radius 1 is 0.500 bits per heavy atom. The summed E-state index contributed by atoms with van der Waals surface area (Å²) in [5.74, 6) is 0. The number of methoxy groups -OCH3 is 2. The van der Waals surface area contributed by atoms with Crippen LogP contribution in [0, 0.1) is 0 Å². The van der Waals surface area contributed by atoms with Crippen LogP contribution in [-0.4, -0.2) is 113 Å². The Balaban J connectivity index is 0. The van der Waals surface area contributed by atoms with Crippen LogP contribution in [0.3, 0.4) is 0 Å². The van der Waals surface area contributed by atoms with Crippen molar-refractivity contribution < 1.29 is 23.7 Å². The number of hydrogen-bond acceptors (Lipinski definition) is 5. The van der Waals surface area contributed by atoms with Gasteiger partial charge in [-0.25, -0.2) is 0 Å². The summed E-state index contributed by atoms with van der Waals surface area (Å²) in [5, 5.41) is 0. The standard InChI is InChI=1S/C10H22O5.Sr.2H/c1-11-3-5-13-7-9-15-10-8-14-6-4-12-2;;;/h3-10H2,1-2H3;;;. The summed E-state index contributed by atoms with van der Waals surface area (Å²) in [6.07, 6.45) is 0. The van der Waals surface area contributed by atoms with E-state index >= 15 is 0 Å². The molecule has 6 heteroatoms. The molecule has 0 unspecified atom stereocenters. The summed E-state index contributed by atoms with van der Waals surface area (Å²) in [6.45, 7) is 4.87. The zero-order valence-corrected chi connectivity index (χ0v) is 9.70. The van der Waals surface area contributed by atoms with Crippen LogP contribution >= 0.6 is 0 Å². The van der Waals surface area contributed by atoms with Gasteiger partial charge in [-0.15, -0.1) is 0 Å². The molecule has 0 atom stereocenters. The topological polar surface area (TPSA) is 46.2 Å². The predicted molar refractivity (Wildman–Crippen MR) is 64.8 cm³/mol. The van der Waals surface area contributed by atoms with Crippen molar-refractivity contribution in [3.63, 3.8) is 0 Å².